The van der Waals surface area contributed by atoms with E-state index in [1.807, 2.05) is 18.7 Å². The van der Waals surface area contributed by atoms with Crippen LogP contribution >= 0.6 is 11.6 Å². The van der Waals surface area contributed by atoms with E-state index < -0.39 is 17.5 Å². The largest absolute Gasteiger partial charge is 0.481 e. The predicted molar refractivity (Wildman–Crippen MR) is 135 cm³/mol. The van der Waals surface area contributed by atoms with Crippen LogP contribution < -0.4 is 16.1 Å². The van der Waals surface area contributed by atoms with Gasteiger partial charge in [0, 0.05) is 41.7 Å². The molecule has 0 aliphatic carbocycles. The standard InChI is InChI=1S/C23H21ClFNO4.C2H6.CH3NO/c1-14(23(28)26-9-3-2-4-10-26)29-16-6-8-18-19(13-22(27)30-21(18)12-16)17-7-5-15(25)11-20(17)24;1-2;2-1-3/h5-8,11-14H,2-4,9-10H2,1H3;1-2H3;1H,(H2,2,3). The number of fused-ring (bicyclic) bond motifs is 1. The molecule has 2 amide bonds. The Hall–Kier alpha value is -3.39. The van der Waals surface area contributed by atoms with Crippen molar-refractivity contribution in [2.75, 3.05) is 13.1 Å². The molecular formula is C26H30ClFN2O5. The van der Waals surface area contributed by atoms with Gasteiger partial charge in [-0.2, -0.15) is 0 Å². The van der Waals surface area contributed by atoms with E-state index in [0.29, 0.717) is 27.8 Å². The quantitative estimate of drug-likeness (QED) is 0.390. The lowest BCUT2D eigenvalue weighted by Gasteiger charge is -2.29. The Morgan fingerprint density at radius 2 is 1.77 bits per heavy atom. The first-order valence-corrected chi connectivity index (χ1v) is 11.9. The van der Waals surface area contributed by atoms with Gasteiger partial charge < -0.3 is 19.8 Å². The van der Waals surface area contributed by atoms with Gasteiger partial charge in [-0.15, -0.1) is 0 Å². The molecule has 0 radical (unpaired) electrons. The summed E-state index contributed by atoms with van der Waals surface area (Å²) in [4.78, 5) is 35.1. The highest BCUT2D eigenvalue weighted by molar-refractivity contribution is 6.33. The van der Waals surface area contributed by atoms with Gasteiger partial charge in [-0.25, -0.2) is 9.18 Å². The summed E-state index contributed by atoms with van der Waals surface area (Å²) in [5.74, 6) is -0.0898. The van der Waals surface area contributed by atoms with E-state index in [1.165, 1.54) is 24.3 Å². The highest BCUT2D eigenvalue weighted by atomic mass is 35.5. The third-order valence-corrected chi connectivity index (χ3v) is 5.58. The summed E-state index contributed by atoms with van der Waals surface area (Å²) in [5, 5.41) is 0.827. The maximum absolute atomic E-state index is 13.4. The molecule has 1 atom stereocenters. The van der Waals surface area contributed by atoms with Gasteiger partial charge in [0.05, 0.1) is 5.02 Å². The molecule has 3 aromatic rings. The van der Waals surface area contributed by atoms with Crippen LogP contribution in [0.4, 0.5) is 4.39 Å². The molecule has 2 heterocycles. The lowest BCUT2D eigenvalue weighted by molar-refractivity contribution is -0.138. The summed E-state index contributed by atoms with van der Waals surface area (Å²) in [6.45, 7) is 7.22. The number of ether oxygens (including phenoxy) is 1. The molecule has 188 valence electrons. The molecule has 7 nitrogen and oxygen atoms in total. The fourth-order valence-corrected chi connectivity index (χ4v) is 4.04. The Labute approximate surface area is 208 Å². The average molecular weight is 505 g/mol. The molecule has 1 aliphatic heterocycles. The van der Waals surface area contributed by atoms with Gasteiger partial charge in [0.15, 0.2) is 6.10 Å². The molecular weight excluding hydrogens is 475 g/mol. The Morgan fingerprint density at radius 3 is 2.40 bits per heavy atom. The van der Waals surface area contributed by atoms with Crippen molar-refractivity contribution < 1.29 is 23.1 Å². The van der Waals surface area contributed by atoms with E-state index >= 15 is 0 Å². The molecule has 1 unspecified atom stereocenters. The number of amides is 2. The van der Waals surface area contributed by atoms with Crippen molar-refractivity contribution >= 4 is 34.9 Å². The zero-order valence-electron chi connectivity index (χ0n) is 20.1. The fraction of sp³-hybridized carbons (Fsp3) is 0.346. The first-order chi connectivity index (χ1) is 16.8. The SMILES string of the molecule is CC.CC(Oc1ccc2c(-c3ccc(F)cc3Cl)cc(=O)oc2c1)C(=O)N1CCCCC1.NC=O. The lowest BCUT2D eigenvalue weighted by atomic mass is 10.0. The number of carbonyl (C=O) groups is 2. The summed E-state index contributed by atoms with van der Waals surface area (Å²) >= 11 is 6.19. The average Bonchev–Trinajstić information content (AvgIpc) is 2.85. The molecule has 0 bridgehead atoms. The maximum atomic E-state index is 13.4. The second kappa shape index (κ2) is 13.5. The monoisotopic (exact) mass is 504 g/mol. The minimum Gasteiger partial charge on any atom is -0.481 e. The maximum Gasteiger partial charge on any atom is 0.336 e. The molecule has 35 heavy (non-hydrogen) atoms. The third-order valence-electron chi connectivity index (χ3n) is 5.27. The number of rotatable bonds is 4. The van der Waals surface area contributed by atoms with E-state index in [-0.39, 0.29) is 17.3 Å². The van der Waals surface area contributed by atoms with Gasteiger partial charge in [0.1, 0.15) is 17.1 Å². The zero-order chi connectivity index (χ0) is 26.0. The van der Waals surface area contributed by atoms with Crippen molar-refractivity contribution in [3.63, 3.8) is 0 Å². The number of nitrogens with zero attached hydrogens (tertiary/aromatic N) is 1. The van der Waals surface area contributed by atoms with Gasteiger partial charge in [-0.3, -0.25) is 9.59 Å². The second-order valence-corrected chi connectivity index (χ2v) is 7.95. The number of hydrogen-bond donors (Lipinski definition) is 1. The minimum atomic E-state index is -0.651. The minimum absolute atomic E-state index is 0.0527. The first kappa shape index (κ1) is 27.9. The van der Waals surface area contributed by atoms with E-state index in [0.717, 1.165) is 32.4 Å². The number of nitrogens with two attached hydrogens (primary N) is 1. The number of likely N-dealkylation sites (tertiary alicyclic amines) is 1. The van der Waals surface area contributed by atoms with Crippen LogP contribution in [0.25, 0.3) is 22.1 Å². The summed E-state index contributed by atoms with van der Waals surface area (Å²) in [5.41, 5.74) is 4.97. The number of benzene rings is 2. The summed E-state index contributed by atoms with van der Waals surface area (Å²) in [6.07, 6.45) is 2.76. The molecule has 9 heteroatoms. The van der Waals surface area contributed by atoms with E-state index in [9.17, 15) is 14.0 Å². The van der Waals surface area contributed by atoms with Crippen LogP contribution in [-0.4, -0.2) is 36.4 Å². The molecule has 1 fully saturated rings. The molecule has 1 aromatic heterocycles. The lowest BCUT2D eigenvalue weighted by Crippen LogP contribution is -2.43. The summed E-state index contributed by atoms with van der Waals surface area (Å²) < 4.78 is 24.6. The van der Waals surface area contributed by atoms with E-state index in [1.54, 1.807) is 25.1 Å². The zero-order valence-corrected chi connectivity index (χ0v) is 20.8. The molecule has 2 N–H and O–H groups in total. The number of piperidine rings is 1. The molecule has 1 saturated heterocycles. The fourth-order valence-electron chi connectivity index (χ4n) is 3.77. The van der Waals surface area contributed by atoms with Crippen molar-refractivity contribution in [3.05, 3.63) is 63.7 Å². The summed E-state index contributed by atoms with van der Waals surface area (Å²) in [7, 11) is 0. The number of halogens is 2. The summed E-state index contributed by atoms with van der Waals surface area (Å²) in [6, 6.07) is 10.4. The van der Waals surface area contributed by atoms with Crippen molar-refractivity contribution in [1.82, 2.24) is 4.90 Å². The topological polar surface area (TPSA) is 103 Å². The van der Waals surface area contributed by atoms with Crippen LogP contribution in [0.3, 0.4) is 0 Å². The van der Waals surface area contributed by atoms with Crippen LogP contribution in [0.1, 0.15) is 40.0 Å². The van der Waals surface area contributed by atoms with E-state index in [2.05, 4.69) is 5.73 Å². The normalized spacial score (nSPS) is 13.6. The first-order valence-electron chi connectivity index (χ1n) is 11.5. The smallest absolute Gasteiger partial charge is 0.336 e. The number of hydrogen-bond acceptors (Lipinski definition) is 5. The number of primary amides is 1. The van der Waals surface area contributed by atoms with Crippen LogP contribution in [0.5, 0.6) is 5.75 Å². The molecule has 2 aromatic carbocycles. The van der Waals surface area contributed by atoms with Gasteiger partial charge in [0.25, 0.3) is 5.91 Å². The highest BCUT2D eigenvalue weighted by Crippen LogP contribution is 2.34. The van der Waals surface area contributed by atoms with Crippen LogP contribution in [0, 0.1) is 5.82 Å². The predicted octanol–water partition coefficient (Wildman–Crippen LogP) is 5.16. The third kappa shape index (κ3) is 7.29. The Morgan fingerprint density at radius 1 is 1.11 bits per heavy atom. The van der Waals surface area contributed by atoms with Crippen LogP contribution in [0.2, 0.25) is 5.02 Å². The van der Waals surface area contributed by atoms with Crippen molar-refractivity contribution in [2.24, 2.45) is 5.73 Å². The van der Waals surface area contributed by atoms with Gasteiger partial charge in [-0.05, 0) is 56.5 Å². The van der Waals surface area contributed by atoms with Gasteiger partial charge in [0.2, 0.25) is 6.41 Å². The van der Waals surface area contributed by atoms with E-state index in [4.69, 9.17) is 25.5 Å². The molecule has 0 spiro atoms. The Bertz CT molecular complexity index is 1210. The van der Waals surface area contributed by atoms with Crippen LogP contribution in [0.15, 0.2) is 51.7 Å². The molecule has 4 rings (SSSR count). The molecule has 0 saturated carbocycles. The highest BCUT2D eigenvalue weighted by Gasteiger charge is 2.23. The Kier molecular flexibility index (Phi) is 10.7. The van der Waals surface area contributed by atoms with Crippen LogP contribution in [-0.2, 0) is 9.59 Å². The molecule has 1 aliphatic rings. The van der Waals surface area contributed by atoms with Crippen molar-refractivity contribution in [1.29, 1.82) is 0 Å². The Balaban J connectivity index is 0.000000803. The van der Waals surface area contributed by atoms with Crippen molar-refractivity contribution in [3.8, 4) is 16.9 Å². The number of carbonyl (C=O) groups excluding carboxylic acids is 2. The van der Waals surface area contributed by atoms with Crippen molar-refractivity contribution in [2.45, 2.75) is 46.1 Å². The van der Waals surface area contributed by atoms with Gasteiger partial charge >= 0.3 is 5.63 Å². The van der Waals surface area contributed by atoms with Gasteiger partial charge in [-0.1, -0.05) is 25.4 Å². The second-order valence-electron chi connectivity index (χ2n) is 7.54.